The second-order valence-corrected chi connectivity index (χ2v) is 10.6. The zero-order valence-corrected chi connectivity index (χ0v) is 17.2. The molecule has 2 N–H and O–H groups in total. The topological polar surface area (TPSA) is 57.5 Å². The lowest BCUT2D eigenvalue weighted by molar-refractivity contribution is -0.138. The molecule has 4 aliphatic carbocycles. The van der Waals surface area contributed by atoms with Crippen molar-refractivity contribution in [2.24, 2.45) is 46.3 Å². The van der Waals surface area contributed by atoms with Crippen LogP contribution in [0.15, 0.2) is 0 Å². The highest BCUT2D eigenvalue weighted by molar-refractivity contribution is 5.66. The van der Waals surface area contributed by atoms with Crippen molar-refractivity contribution < 1.29 is 20.5 Å². The molecule has 0 aromatic carbocycles. The monoisotopic (exact) mass is 380 g/mol. The molecule has 4 fully saturated rings. The van der Waals surface area contributed by atoms with Crippen LogP contribution in [-0.2, 0) is 4.79 Å². The molecule has 3 heteroatoms. The van der Waals surface area contributed by atoms with Crippen LogP contribution in [-0.4, -0.2) is 22.3 Å². The molecule has 9 atom stereocenters. The summed E-state index contributed by atoms with van der Waals surface area (Å²) in [4.78, 5) is 11.1. The fourth-order valence-corrected chi connectivity index (χ4v) is 8.08. The number of carboxylic acid groups (broad SMARTS) is 1. The van der Waals surface area contributed by atoms with Crippen LogP contribution in [0.25, 0.3) is 0 Å². The standard InChI is InChI=1S/C24H40O3/c1-15(4-9-22(26)27)19-7-8-20-18-6-5-16-14-17(25)10-12-23(16,2)21(18)11-13-24(19,20)3/h15-21,25H,4-14H2,1-3H3,(H,26,27)/t15-,16?,17-,18+,19-,20+,21+,23+,24-/m1/s1/i10D2,12D2. The number of fused-ring (bicyclic) bond motifs is 5. The van der Waals surface area contributed by atoms with Gasteiger partial charge in [-0.25, -0.2) is 0 Å². The van der Waals surface area contributed by atoms with Gasteiger partial charge < -0.3 is 10.2 Å². The summed E-state index contributed by atoms with van der Waals surface area (Å²) >= 11 is 0. The van der Waals surface area contributed by atoms with E-state index in [0.717, 1.165) is 44.9 Å². The van der Waals surface area contributed by atoms with E-state index in [2.05, 4.69) is 13.8 Å². The van der Waals surface area contributed by atoms with Gasteiger partial charge in [-0.3, -0.25) is 4.79 Å². The van der Waals surface area contributed by atoms with E-state index in [1.54, 1.807) is 0 Å². The first-order valence-corrected chi connectivity index (χ1v) is 11.2. The van der Waals surface area contributed by atoms with Gasteiger partial charge in [-0.15, -0.1) is 0 Å². The molecule has 4 rings (SSSR count). The summed E-state index contributed by atoms with van der Waals surface area (Å²) in [6.07, 6.45) is 1.87. The number of rotatable bonds is 4. The molecule has 4 aliphatic rings. The van der Waals surface area contributed by atoms with Gasteiger partial charge in [-0.05, 0) is 110 Å². The number of carboxylic acids is 1. The van der Waals surface area contributed by atoms with E-state index >= 15 is 0 Å². The Morgan fingerprint density at radius 2 is 1.89 bits per heavy atom. The molecule has 0 aromatic heterocycles. The van der Waals surface area contributed by atoms with Crippen molar-refractivity contribution in [2.75, 3.05) is 0 Å². The van der Waals surface area contributed by atoms with Crippen LogP contribution in [0, 0.1) is 46.3 Å². The van der Waals surface area contributed by atoms with E-state index in [4.69, 9.17) is 10.6 Å². The highest BCUT2D eigenvalue weighted by Gasteiger charge is 2.60. The number of carbonyl (C=O) groups is 1. The van der Waals surface area contributed by atoms with Crippen LogP contribution in [0.3, 0.4) is 0 Å². The van der Waals surface area contributed by atoms with Gasteiger partial charge in [0.15, 0.2) is 0 Å². The smallest absolute Gasteiger partial charge is 0.303 e. The predicted molar refractivity (Wildman–Crippen MR) is 107 cm³/mol. The summed E-state index contributed by atoms with van der Waals surface area (Å²) in [5, 5.41) is 19.6. The molecule has 0 heterocycles. The molecule has 3 nitrogen and oxygen atoms in total. The maximum Gasteiger partial charge on any atom is 0.303 e. The summed E-state index contributed by atoms with van der Waals surface area (Å²) in [6.45, 7) is 6.60. The number of aliphatic hydroxyl groups is 1. The second kappa shape index (κ2) is 7.04. The fourth-order valence-electron chi connectivity index (χ4n) is 8.08. The SMILES string of the molecule is [2H]C1([2H])[C@@H](O)CC2CC[C@H]3[C@@H]4CC[C@H]([C@H](C)CCC(=O)O)[C@@]4(C)CC[C@@H]3[C@@]2(C)C1([2H])[2H]. The molecule has 0 amide bonds. The summed E-state index contributed by atoms with van der Waals surface area (Å²) in [6, 6.07) is 0. The van der Waals surface area contributed by atoms with E-state index in [-0.39, 0.29) is 23.7 Å². The number of hydrogen-bond donors (Lipinski definition) is 2. The van der Waals surface area contributed by atoms with E-state index in [1.807, 2.05) is 6.92 Å². The Morgan fingerprint density at radius 3 is 2.63 bits per heavy atom. The second-order valence-electron chi connectivity index (χ2n) is 10.6. The Morgan fingerprint density at radius 1 is 1.15 bits per heavy atom. The first-order chi connectivity index (χ1) is 14.3. The largest absolute Gasteiger partial charge is 0.481 e. The first kappa shape index (κ1) is 15.3. The average molecular weight is 381 g/mol. The van der Waals surface area contributed by atoms with Crippen LogP contribution in [0.5, 0.6) is 0 Å². The summed E-state index contributed by atoms with van der Waals surface area (Å²) in [5.41, 5.74) is -0.588. The van der Waals surface area contributed by atoms with Crippen LogP contribution in [0.4, 0.5) is 0 Å². The highest BCUT2D eigenvalue weighted by atomic mass is 16.4. The zero-order chi connectivity index (χ0) is 23.0. The number of hydrogen-bond acceptors (Lipinski definition) is 2. The van der Waals surface area contributed by atoms with Crippen molar-refractivity contribution in [2.45, 2.75) is 97.4 Å². The quantitative estimate of drug-likeness (QED) is 0.676. The van der Waals surface area contributed by atoms with Gasteiger partial charge in [0.05, 0.1) is 6.10 Å². The van der Waals surface area contributed by atoms with Crippen molar-refractivity contribution in [1.82, 2.24) is 0 Å². The minimum atomic E-state index is -2.23. The van der Waals surface area contributed by atoms with Crippen molar-refractivity contribution in [3.63, 3.8) is 0 Å². The molecular weight excluding hydrogens is 336 g/mol. The molecular formula is C24H40O3. The molecule has 154 valence electrons. The Bertz CT molecular complexity index is 728. The third-order valence-electron chi connectivity index (χ3n) is 9.49. The minimum Gasteiger partial charge on any atom is -0.481 e. The Hall–Kier alpha value is -0.570. The van der Waals surface area contributed by atoms with Gasteiger partial charge in [0.1, 0.15) is 0 Å². The molecule has 0 spiro atoms. The van der Waals surface area contributed by atoms with E-state index in [0.29, 0.717) is 30.1 Å². The van der Waals surface area contributed by atoms with E-state index in [1.165, 1.54) is 0 Å². The number of aliphatic hydroxyl groups excluding tert-OH is 1. The Balaban J connectivity index is 1.62. The van der Waals surface area contributed by atoms with E-state index in [9.17, 15) is 9.90 Å². The maximum absolute atomic E-state index is 11.1. The molecule has 0 aromatic rings. The van der Waals surface area contributed by atoms with Crippen molar-refractivity contribution in [1.29, 1.82) is 0 Å². The Kier molecular flexibility index (Phi) is 3.99. The van der Waals surface area contributed by atoms with Crippen molar-refractivity contribution >= 4 is 5.97 Å². The molecule has 27 heavy (non-hydrogen) atoms. The van der Waals surface area contributed by atoms with Gasteiger partial charge in [0.25, 0.3) is 0 Å². The molecule has 0 bridgehead atoms. The Labute approximate surface area is 170 Å². The zero-order valence-electron chi connectivity index (χ0n) is 21.2. The average Bonchev–Trinajstić information content (AvgIpc) is 3.04. The van der Waals surface area contributed by atoms with Crippen LogP contribution in [0.2, 0.25) is 0 Å². The molecule has 1 unspecified atom stereocenters. The third kappa shape index (κ3) is 3.16. The van der Waals surface area contributed by atoms with E-state index < -0.39 is 30.2 Å². The predicted octanol–water partition coefficient (Wildman–Crippen LogP) is 5.51. The van der Waals surface area contributed by atoms with Gasteiger partial charge in [-0.2, -0.15) is 0 Å². The maximum atomic E-state index is 11.1. The van der Waals surface area contributed by atoms with Crippen LogP contribution < -0.4 is 0 Å². The normalized spacial score (nSPS) is 56.3. The third-order valence-corrected chi connectivity index (χ3v) is 9.49. The first-order valence-electron chi connectivity index (χ1n) is 13.2. The lowest BCUT2D eigenvalue weighted by Crippen LogP contribution is -2.54. The van der Waals surface area contributed by atoms with Crippen LogP contribution >= 0.6 is 0 Å². The summed E-state index contributed by atoms with van der Waals surface area (Å²) < 4.78 is 34.7. The lowest BCUT2D eigenvalue weighted by atomic mass is 9.44. The molecule has 0 saturated heterocycles. The van der Waals surface area contributed by atoms with Gasteiger partial charge in [0, 0.05) is 11.9 Å². The fraction of sp³-hybridized carbons (Fsp3) is 0.958. The lowest BCUT2D eigenvalue weighted by Gasteiger charge is -2.61. The molecule has 4 saturated carbocycles. The highest BCUT2D eigenvalue weighted by Crippen LogP contribution is 2.68. The van der Waals surface area contributed by atoms with Crippen molar-refractivity contribution in [3.8, 4) is 0 Å². The minimum absolute atomic E-state index is 0.0265. The van der Waals surface area contributed by atoms with Gasteiger partial charge in [-0.1, -0.05) is 20.8 Å². The summed E-state index contributed by atoms with van der Waals surface area (Å²) in [5.74, 6) is 1.25. The van der Waals surface area contributed by atoms with Gasteiger partial charge >= 0.3 is 5.97 Å². The number of aliphatic carboxylic acids is 1. The van der Waals surface area contributed by atoms with Crippen molar-refractivity contribution in [3.05, 3.63) is 0 Å². The molecule has 0 radical (unpaired) electrons. The summed E-state index contributed by atoms with van der Waals surface area (Å²) in [7, 11) is 0. The van der Waals surface area contributed by atoms with Gasteiger partial charge in [0.2, 0.25) is 0 Å². The van der Waals surface area contributed by atoms with Crippen LogP contribution in [0.1, 0.15) is 96.8 Å². The molecule has 0 aliphatic heterocycles.